The molecule has 1 aromatic heterocycles. The van der Waals surface area contributed by atoms with Crippen LogP contribution in [-0.4, -0.2) is 28.5 Å². The lowest BCUT2D eigenvalue weighted by molar-refractivity contribution is -0.0469. The first-order chi connectivity index (χ1) is 8.22. The maximum atomic E-state index is 8.95. The summed E-state index contributed by atoms with van der Waals surface area (Å²) in [4.78, 5) is 4.27. The zero-order valence-corrected chi connectivity index (χ0v) is 10.1. The monoisotopic (exact) mass is 241 g/mol. The Morgan fingerprint density at radius 2 is 2.24 bits per heavy atom. The second-order valence-corrected chi connectivity index (χ2v) is 4.38. The molecule has 0 spiro atoms. The fourth-order valence-electron chi connectivity index (χ4n) is 2.30. The predicted octanol–water partition coefficient (Wildman–Crippen LogP) is 0.867. The van der Waals surface area contributed by atoms with Gasteiger partial charge in [0.2, 0.25) is 11.7 Å². The van der Waals surface area contributed by atoms with Gasteiger partial charge in [0, 0.05) is 6.61 Å². The van der Waals surface area contributed by atoms with Crippen LogP contribution in [0.5, 0.6) is 0 Å². The molecule has 96 valence electrons. The zero-order valence-electron chi connectivity index (χ0n) is 10.1. The van der Waals surface area contributed by atoms with Crippen molar-refractivity contribution >= 4 is 0 Å². The lowest BCUT2D eigenvalue weighted by Gasteiger charge is -2.24. The molecule has 1 saturated carbocycles. The summed E-state index contributed by atoms with van der Waals surface area (Å²) in [5.74, 6) is 0.837. The SMILES string of the molecule is CCOC1(c2noc([C@@H](N)CO)n2)CCCC1. The Morgan fingerprint density at radius 1 is 1.53 bits per heavy atom. The number of hydrogen-bond acceptors (Lipinski definition) is 6. The van der Waals surface area contributed by atoms with Gasteiger partial charge in [0.25, 0.3) is 0 Å². The summed E-state index contributed by atoms with van der Waals surface area (Å²) in [7, 11) is 0. The summed E-state index contributed by atoms with van der Waals surface area (Å²) in [5.41, 5.74) is 5.23. The molecule has 0 unspecified atom stereocenters. The molecular formula is C11H19N3O3. The number of hydrogen-bond donors (Lipinski definition) is 2. The highest BCUT2D eigenvalue weighted by molar-refractivity contribution is 5.05. The molecule has 0 saturated heterocycles. The first kappa shape index (κ1) is 12.5. The Morgan fingerprint density at radius 3 is 2.82 bits per heavy atom. The number of nitrogens with two attached hydrogens (primary N) is 1. The predicted molar refractivity (Wildman–Crippen MR) is 60.1 cm³/mol. The van der Waals surface area contributed by atoms with E-state index in [0.717, 1.165) is 25.7 Å². The van der Waals surface area contributed by atoms with E-state index in [1.54, 1.807) is 0 Å². The largest absolute Gasteiger partial charge is 0.394 e. The highest BCUT2D eigenvalue weighted by atomic mass is 16.5. The average molecular weight is 241 g/mol. The Hall–Kier alpha value is -0.980. The summed E-state index contributed by atoms with van der Waals surface area (Å²) < 4.78 is 10.9. The molecule has 1 heterocycles. The zero-order chi connectivity index (χ0) is 12.3. The number of aliphatic hydroxyl groups is 1. The van der Waals surface area contributed by atoms with Crippen molar-refractivity contribution in [2.24, 2.45) is 5.73 Å². The molecule has 0 radical (unpaired) electrons. The van der Waals surface area contributed by atoms with E-state index in [1.807, 2.05) is 6.92 Å². The summed E-state index contributed by atoms with van der Waals surface area (Å²) in [6.45, 7) is 2.37. The van der Waals surface area contributed by atoms with Gasteiger partial charge in [-0.2, -0.15) is 4.98 Å². The van der Waals surface area contributed by atoms with E-state index in [1.165, 1.54) is 0 Å². The van der Waals surface area contributed by atoms with Crippen LogP contribution >= 0.6 is 0 Å². The molecule has 0 bridgehead atoms. The van der Waals surface area contributed by atoms with E-state index in [9.17, 15) is 0 Å². The average Bonchev–Trinajstić information content (AvgIpc) is 2.97. The van der Waals surface area contributed by atoms with Gasteiger partial charge in [-0.15, -0.1) is 0 Å². The van der Waals surface area contributed by atoms with E-state index in [4.69, 9.17) is 20.1 Å². The van der Waals surface area contributed by atoms with Gasteiger partial charge in [-0.25, -0.2) is 0 Å². The number of rotatable bonds is 5. The standard InChI is InChI=1S/C11H19N3O3/c1-2-16-11(5-3-4-6-11)10-13-9(17-14-10)8(12)7-15/h8,15H,2-7,12H2,1H3/t8-/m0/s1. The highest BCUT2D eigenvalue weighted by Crippen LogP contribution is 2.40. The third-order valence-corrected chi connectivity index (χ3v) is 3.20. The van der Waals surface area contributed by atoms with Crippen molar-refractivity contribution in [3.8, 4) is 0 Å². The fraction of sp³-hybridized carbons (Fsp3) is 0.818. The van der Waals surface area contributed by atoms with Crippen molar-refractivity contribution in [1.82, 2.24) is 10.1 Å². The van der Waals surface area contributed by atoms with Crippen molar-refractivity contribution in [3.63, 3.8) is 0 Å². The van der Waals surface area contributed by atoms with Crippen molar-refractivity contribution in [3.05, 3.63) is 11.7 Å². The van der Waals surface area contributed by atoms with Crippen LogP contribution in [0.2, 0.25) is 0 Å². The molecule has 6 nitrogen and oxygen atoms in total. The third kappa shape index (κ3) is 2.34. The number of ether oxygens (including phenoxy) is 1. The summed E-state index contributed by atoms with van der Waals surface area (Å²) in [6.07, 6.45) is 4.04. The summed E-state index contributed by atoms with van der Waals surface area (Å²) in [5, 5.41) is 12.9. The van der Waals surface area contributed by atoms with E-state index in [-0.39, 0.29) is 12.5 Å². The molecule has 0 aliphatic heterocycles. The molecule has 1 aliphatic carbocycles. The second kappa shape index (κ2) is 5.12. The van der Waals surface area contributed by atoms with E-state index >= 15 is 0 Å². The Bertz CT molecular complexity index is 361. The van der Waals surface area contributed by atoms with Gasteiger partial charge in [0.1, 0.15) is 11.6 Å². The van der Waals surface area contributed by atoms with Crippen molar-refractivity contribution in [1.29, 1.82) is 0 Å². The van der Waals surface area contributed by atoms with Gasteiger partial charge >= 0.3 is 0 Å². The van der Waals surface area contributed by atoms with Crippen LogP contribution in [0.1, 0.15) is 50.4 Å². The van der Waals surface area contributed by atoms with Gasteiger partial charge in [-0.1, -0.05) is 5.16 Å². The first-order valence-electron chi connectivity index (χ1n) is 6.06. The molecule has 2 rings (SSSR count). The normalized spacial score (nSPS) is 20.6. The van der Waals surface area contributed by atoms with Crippen LogP contribution < -0.4 is 5.73 Å². The van der Waals surface area contributed by atoms with Gasteiger partial charge in [-0.05, 0) is 32.6 Å². The van der Waals surface area contributed by atoms with Crippen LogP contribution in [0, 0.1) is 0 Å². The topological polar surface area (TPSA) is 94.4 Å². The van der Waals surface area contributed by atoms with Gasteiger partial charge in [0.15, 0.2) is 0 Å². The molecule has 6 heteroatoms. The summed E-state index contributed by atoms with van der Waals surface area (Å²) in [6, 6.07) is -0.615. The quantitative estimate of drug-likeness (QED) is 0.794. The highest BCUT2D eigenvalue weighted by Gasteiger charge is 2.41. The van der Waals surface area contributed by atoms with E-state index in [2.05, 4.69) is 10.1 Å². The van der Waals surface area contributed by atoms with E-state index in [0.29, 0.717) is 12.4 Å². The number of nitrogens with zero attached hydrogens (tertiary/aromatic N) is 2. The van der Waals surface area contributed by atoms with Gasteiger partial charge < -0.3 is 20.1 Å². The Kier molecular flexibility index (Phi) is 3.76. The molecule has 0 amide bonds. The molecule has 1 aromatic rings. The van der Waals surface area contributed by atoms with Crippen molar-refractivity contribution in [2.75, 3.05) is 13.2 Å². The van der Waals surface area contributed by atoms with Crippen LogP contribution in [0.15, 0.2) is 4.52 Å². The second-order valence-electron chi connectivity index (χ2n) is 4.38. The molecule has 3 N–H and O–H groups in total. The molecule has 1 fully saturated rings. The minimum absolute atomic E-state index is 0.205. The van der Waals surface area contributed by atoms with E-state index < -0.39 is 11.6 Å². The molecule has 1 atom stereocenters. The maximum Gasteiger partial charge on any atom is 0.246 e. The lowest BCUT2D eigenvalue weighted by atomic mass is 10.0. The van der Waals surface area contributed by atoms with Gasteiger partial charge in [0.05, 0.1) is 6.61 Å². The third-order valence-electron chi connectivity index (χ3n) is 3.20. The molecule has 0 aromatic carbocycles. The smallest absolute Gasteiger partial charge is 0.246 e. The Labute approximate surface area is 100 Å². The first-order valence-corrected chi connectivity index (χ1v) is 6.06. The van der Waals surface area contributed by atoms with Crippen LogP contribution in [0.3, 0.4) is 0 Å². The molecular weight excluding hydrogens is 222 g/mol. The van der Waals surface area contributed by atoms with Crippen LogP contribution in [0.4, 0.5) is 0 Å². The lowest BCUT2D eigenvalue weighted by Crippen LogP contribution is -2.28. The van der Waals surface area contributed by atoms with Gasteiger partial charge in [-0.3, -0.25) is 0 Å². The van der Waals surface area contributed by atoms with Crippen molar-refractivity contribution in [2.45, 2.75) is 44.2 Å². The summed E-state index contributed by atoms with van der Waals surface area (Å²) >= 11 is 0. The minimum Gasteiger partial charge on any atom is -0.394 e. The number of aliphatic hydroxyl groups excluding tert-OH is 1. The van der Waals surface area contributed by atoms with Crippen molar-refractivity contribution < 1.29 is 14.4 Å². The number of aromatic nitrogens is 2. The molecule has 17 heavy (non-hydrogen) atoms. The maximum absolute atomic E-state index is 8.95. The van der Waals surface area contributed by atoms with Crippen LogP contribution in [0.25, 0.3) is 0 Å². The Balaban J connectivity index is 2.22. The van der Waals surface area contributed by atoms with Crippen LogP contribution in [-0.2, 0) is 10.3 Å². The fourth-order valence-corrected chi connectivity index (χ4v) is 2.30. The molecule has 1 aliphatic rings. The minimum atomic E-state index is -0.615.